The second-order valence-electron chi connectivity index (χ2n) is 4.60. The Morgan fingerprint density at radius 3 is 2.21 bits per heavy atom. The molecule has 0 N–H and O–H groups in total. The van der Waals surface area contributed by atoms with Crippen LogP contribution in [0, 0.1) is 6.92 Å². The van der Waals surface area contributed by atoms with Gasteiger partial charge in [-0.05, 0) is 50.5 Å². The molecule has 4 nitrogen and oxygen atoms in total. The van der Waals surface area contributed by atoms with Crippen LogP contribution < -0.4 is 29.6 Å². The minimum atomic E-state index is -3.64. The Kier molecular flexibility index (Phi) is 6.53. The first-order valence-corrected chi connectivity index (χ1v) is 7.61. The molecular weight excluding hydrogens is 271 g/mol. The first-order chi connectivity index (χ1) is 8.58. The largest absolute Gasteiger partial charge is 1.00 e. The molecule has 0 unspecified atom stereocenters. The van der Waals surface area contributed by atoms with E-state index in [0.717, 1.165) is 37.0 Å². The molecule has 1 saturated carbocycles. The zero-order chi connectivity index (χ0) is 13.0. The van der Waals surface area contributed by atoms with E-state index in [1.54, 1.807) is 24.3 Å². The van der Waals surface area contributed by atoms with E-state index in [4.69, 9.17) is 0 Å². The monoisotopic (exact) mass is 288 g/mol. The summed E-state index contributed by atoms with van der Waals surface area (Å²) in [6, 6.07) is 6.65. The van der Waals surface area contributed by atoms with E-state index in [1.807, 2.05) is 6.92 Å². The molecule has 0 atom stereocenters. The summed E-state index contributed by atoms with van der Waals surface area (Å²) in [6.45, 7) is 1.91. The maximum Gasteiger partial charge on any atom is 1.00 e. The van der Waals surface area contributed by atoms with Crippen molar-refractivity contribution in [3.63, 3.8) is 0 Å². The summed E-state index contributed by atoms with van der Waals surface area (Å²) in [5.74, 6) is 0. The molecule has 0 aromatic heterocycles. The summed E-state index contributed by atoms with van der Waals surface area (Å²) in [4.78, 5) is 3.74. The van der Waals surface area contributed by atoms with Crippen LogP contribution in [0.4, 0.5) is 0 Å². The first kappa shape index (κ1) is 16.7. The molecule has 0 amide bonds. The van der Waals surface area contributed by atoms with Crippen molar-refractivity contribution in [1.29, 1.82) is 0 Å². The number of benzene rings is 1. The molecule has 1 aliphatic carbocycles. The molecule has 0 heterocycles. The number of nitrogens with zero attached hydrogens (tertiary/aromatic N) is 2. The number of hydrogen-bond acceptors (Lipinski definition) is 3. The van der Waals surface area contributed by atoms with E-state index in [2.05, 4.69) is 9.93 Å². The Hall–Kier alpha value is -0.360. The molecule has 1 aromatic carbocycles. The Balaban J connectivity index is 0.00000180. The molecule has 2 rings (SSSR count). The number of aryl methyl sites for hydroxylation is 1. The minimum absolute atomic E-state index is 0. The summed E-state index contributed by atoms with van der Waals surface area (Å²) in [5.41, 5.74) is 1.92. The molecule has 0 aliphatic heterocycles. The van der Waals surface area contributed by atoms with Crippen LogP contribution in [-0.2, 0) is 10.0 Å². The van der Waals surface area contributed by atoms with Gasteiger partial charge >= 0.3 is 29.6 Å². The van der Waals surface area contributed by atoms with Crippen molar-refractivity contribution in [3.8, 4) is 0 Å². The van der Waals surface area contributed by atoms with Gasteiger partial charge in [0.05, 0.1) is 4.90 Å². The van der Waals surface area contributed by atoms with Crippen molar-refractivity contribution in [2.24, 2.45) is 5.10 Å². The maximum absolute atomic E-state index is 11.9. The van der Waals surface area contributed by atoms with Crippen molar-refractivity contribution in [2.45, 2.75) is 43.9 Å². The van der Waals surface area contributed by atoms with Crippen LogP contribution in [0.1, 0.15) is 37.7 Å². The summed E-state index contributed by atoms with van der Waals surface area (Å²) in [5, 5.41) is 3.91. The van der Waals surface area contributed by atoms with Crippen LogP contribution in [0.25, 0.3) is 4.83 Å². The van der Waals surface area contributed by atoms with Crippen molar-refractivity contribution in [2.75, 3.05) is 0 Å². The molecule has 0 saturated heterocycles. The standard InChI is InChI=1S/C13H17N2O2S.Na/c1-11-7-9-13(10-8-11)18(16,17)15-14-12-5-3-2-4-6-12;/h7-10H,2-6H2,1H3;/q-1;+1. The van der Waals surface area contributed by atoms with Gasteiger partial charge in [-0.1, -0.05) is 24.1 Å². The van der Waals surface area contributed by atoms with Crippen molar-refractivity contribution in [3.05, 3.63) is 34.7 Å². The number of rotatable bonds is 3. The van der Waals surface area contributed by atoms with Gasteiger partial charge in [-0.3, -0.25) is 0 Å². The third kappa shape index (κ3) is 4.91. The van der Waals surface area contributed by atoms with Gasteiger partial charge in [0.1, 0.15) is 10.0 Å². The SMILES string of the molecule is Cc1ccc(S(=O)(=O)[N-]N=C2CCCCC2)cc1.[Na+]. The summed E-state index contributed by atoms with van der Waals surface area (Å²) < 4.78 is 23.8. The smallest absolute Gasteiger partial charge is 0.491 e. The zero-order valence-electron chi connectivity index (χ0n) is 11.5. The fraction of sp³-hybridized carbons (Fsp3) is 0.462. The molecule has 98 valence electrons. The fourth-order valence-corrected chi connectivity index (χ4v) is 2.73. The third-order valence-electron chi connectivity index (χ3n) is 3.04. The van der Waals surface area contributed by atoms with Gasteiger partial charge < -0.3 is 9.93 Å². The van der Waals surface area contributed by atoms with Gasteiger partial charge in [0.2, 0.25) is 0 Å². The number of sulfonamides is 1. The topological polar surface area (TPSA) is 60.6 Å². The minimum Gasteiger partial charge on any atom is -0.491 e. The summed E-state index contributed by atoms with van der Waals surface area (Å²) in [7, 11) is -3.64. The van der Waals surface area contributed by atoms with Crippen LogP contribution in [0.3, 0.4) is 0 Å². The molecule has 0 spiro atoms. The predicted molar refractivity (Wildman–Crippen MR) is 72.2 cm³/mol. The normalized spacial score (nSPS) is 15.5. The van der Waals surface area contributed by atoms with E-state index in [-0.39, 0.29) is 34.5 Å². The average Bonchev–Trinajstić information content (AvgIpc) is 2.38. The van der Waals surface area contributed by atoms with Gasteiger partial charge in [0.15, 0.2) is 0 Å². The quantitative estimate of drug-likeness (QED) is 0.596. The van der Waals surface area contributed by atoms with Crippen LogP contribution in [-0.4, -0.2) is 14.1 Å². The van der Waals surface area contributed by atoms with E-state index < -0.39 is 10.0 Å². The van der Waals surface area contributed by atoms with Crippen LogP contribution in [0.5, 0.6) is 0 Å². The molecule has 0 radical (unpaired) electrons. The Bertz CT molecular complexity index is 530. The molecule has 1 fully saturated rings. The Morgan fingerprint density at radius 1 is 1.05 bits per heavy atom. The molecule has 1 aromatic rings. The Labute approximate surface area is 137 Å². The van der Waals surface area contributed by atoms with E-state index in [9.17, 15) is 8.42 Å². The van der Waals surface area contributed by atoms with Crippen molar-refractivity contribution in [1.82, 2.24) is 0 Å². The number of hydrogen-bond donors (Lipinski definition) is 0. The molecule has 1 aliphatic rings. The molecule has 19 heavy (non-hydrogen) atoms. The second-order valence-corrected chi connectivity index (χ2v) is 6.18. The van der Waals surface area contributed by atoms with Gasteiger partial charge in [0, 0.05) is 0 Å². The van der Waals surface area contributed by atoms with Crippen molar-refractivity contribution >= 4 is 15.7 Å². The van der Waals surface area contributed by atoms with E-state index >= 15 is 0 Å². The first-order valence-electron chi connectivity index (χ1n) is 6.17. The maximum atomic E-state index is 11.9. The van der Waals surface area contributed by atoms with Gasteiger partial charge in [0.25, 0.3) is 0 Å². The molecular formula is C13H17N2NaO2S. The van der Waals surface area contributed by atoms with E-state index in [1.165, 1.54) is 6.42 Å². The van der Waals surface area contributed by atoms with Gasteiger partial charge in [-0.25, -0.2) is 8.42 Å². The van der Waals surface area contributed by atoms with Crippen LogP contribution >= 0.6 is 0 Å². The third-order valence-corrected chi connectivity index (χ3v) is 4.20. The predicted octanol–water partition coefficient (Wildman–Crippen LogP) is 0.382. The Morgan fingerprint density at radius 2 is 1.63 bits per heavy atom. The van der Waals surface area contributed by atoms with E-state index in [0.29, 0.717) is 0 Å². The van der Waals surface area contributed by atoms with Crippen LogP contribution in [0.15, 0.2) is 34.3 Å². The van der Waals surface area contributed by atoms with Crippen molar-refractivity contribution < 1.29 is 38.0 Å². The fourth-order valence-electron chi connectivity index (χ4n) is 1.93. The molecule has 6 heteroatoms. The molecule has 0 bridgehead atoms. The zero-order valence-corrected chi connectivity index (χ0v) is 14.3. The summed E-state index contributed by atoms with van der Waals surface area (Å²) >= 11 is 0. The van der Waals surface area contributed by atoms with Gasteiger partial charge in [-0.2, -0.15) is 0 Å². The summed E-state index contributed by atoms with van der Waals surface area (Å²) in [6.07, 6.45) is 5.10. The van der Waals surface area contributed by atoms with Gasteiger partial charge in [-0.15, -0.1) is 0 Å². The second kappa shape index (κ2) is 7.43. The average molecular weight is 288 g/mol. The van der Waals surface area contributed by atoms with Crippen LogP contribution in [0.2, 0.25) is 0 Å².